The topological polar surface area (TPSA) is 64.8 Å². The van der Waals surface area contributed by atoms with Crippen molar-refractivity contribution < 1.29 is 14.4 Å². The summed E-state index contributed by atoms with van der Waals surface area (Å²) in [6.07, 6.45) is 4.85. The van der Waals surface area contributed by atoms with Crippen LogP contribution in [0.3, 0.4) is 0 Å². The van der Waals surface area contributed by atoms with E-state index in [4.69, 9.17) is 10.6 Å². The predicted octanol–water partition coefficient (Wildman–Crippen LogP) is 0.684. The second kappa shape index (κ2) is 6.33. The first-order valence-corrected chi connectivity index (χ1v) is 6.53. The van der Waals surface area contributed by atoms with Gasteiger partial charge in [-0.05, 0) is 38.0 Å². The van der Waals surface area contributed by atoms with Gasteiger partial charge in [-0.15, -0.1) is 0 Å². The van der Waals surface area contributed by atoms with E-state index >= 15 is 0 Å². The van der Waals surface area contributed by atoms with Crippen LogP contribution in [0.2, 0.25) is 0 Å². The summed E-state index contributed by atoms with van der Waals surface area (Å²) in [5.41, 5.74) is 0. The molecule has 98 valence electrons. The molecule has 0 aliphatic carbocycles. The maximum Gasteiger partial charge on any atom is 0.251 e. The lowest BCUT2D eigenvalue weighted by molar-refractivity contribution is -0.142. The summed E-state index contributed by atoms with van der Waals surface area (Å²) < 4.78 is 5.43. The number of nitrogens with zero attached hydrogens (tertiary/aromatic N) is 1. The van der Waals surface area contributed by atoms with Gasteiger partial charge in [0.25, 0.3) is 5.91 Å². The molecule has 2 N–H and O–H groups in total. The molecule has 2 fully saturated rings. The molecular formula is C12H22N2O3. The van der Waals surface area contributed by atoms with Crippen LogP contribution in [0.15, 0.2) is 0 Å². The standard InChI is InChI=1S/C12H22N2O3/c13-17-9-5-10-3-6-14(7-4-10)12(15)11-2-1-8-16-11/h10-11H,1-9,13H2. The van der Waals surface area contributed by atoms with Crippen LogP contribution in [0.25, 0.3) is 0 Å². The minimum absolute atomic E-state index is 0.168. The molecular weight excluding hydrogens is 220 g/mol. The SMILES string of the molecule is NOCCC1CCN(C(=O)C2CCCO2)CC1. The van der Waals surface area contributed by atoms with Crippen molar-refractivity contribution in [2.24, 2.45) is 11.8 Å². The maximum absolute atomic E-state index is 12.1. The highest BCUT2D eigenvalue weighted by atomic mass is 16.6. The Morgan fingerprint density at radius 1 is 1.35 bits per heavy atom. The van der Waals surface area contributed by atoms with Crippen LogP contribution in [0.5, 0.6) is 0 Å². The highest BCUT2D eigenvalue weighted by molar-refractivity contribution is 5.81. The summed E-state index contributed by atoms with van der Waals surface area (Å²) in [6, 6.07) is 0. The Labute approximate surface area is 102 Å². The molecule has 2 rings (SSSR count). The molecule has 0 aromatic carbocycles. The van der Waals surface area contributed by atoms with Crippen molar-refractivity contribution in [3.05, 3.63) is 0 Å². The highest BCUT2D eigenvalue weighted by Crippen LogP contribution is 2.23. The maximum atomic E-state index is 12.1. The predicted molar refractivity (Wildman–Crippen MR) is 63.0 cm³/mol. The van der Waals surface area contributed by atoms with E-state index in [-0.39, 0.29) is 12.0 Å². The Kier molecular flexibility index (Phi) is 4.76. The van der Waals surface area contributed by atoms with Crippen molar-refractivity contribution in [1.29, 1.82) is 0 Å². The van der Waals surface area contributed by atoms with Gasteiger partial charge in [0.15, 0.2) is 0 Å². The van der Waals surface area contributed by atoms with E-state index in [1.807, 2.05) is 4.90 Å². The van der Waals surface area contributed by atoms with Crippen LogP contribution in [-0.2, 0) is 14.4 Å². The molecule has 0 spiro atoms. The summed E-state index contributed by atoms with van der Waals surface area (Å²) in [7, 11) is 0. The molecule has 5 nitrogen and oxygen atoms in total. The largest absolute Gasteiger partial charge is 0.368 e. The van der Waals surface area contributed by atoms with Gasteiger partial charge < -0.3 is 14.5 Å². The van der Waals surface area contributed by atoms with Gasteiger partial charge in [-0.25, -0.2) is 5.90 Å². The Morgan fingerprint density at radius 3 is 2.71 bits per heavy atom. The molecule has 0 aromatic heterocycles. The molecule has 0 aromatic rings. The normalized spacial score (nSPS) is 26.4. The summed E-state index contributed by atoms with van der Waals surface area (Å²) in [6.45, 7) is 3.06. The fourth-order valence-corrected chi connectivity index (χ4v) is 2.65. The lowest BCUT2D eigenvalue weighted by Crippen LogP contribution is -2.43. The Hall–Kier alpha value is -0.650. The van der Waals surface area contributed by atoms with Gasteiger partial charge in [-0.2, -0.15) is 0 Å². The van der Waals surface area contributed by atoms with Crippen molar-refractivity contribution in [2.45, 2.75) is 38.2 Å². The van der Waals surface area contributed by atoms with Gasteiger partial charge in [0.2, 0.25) is 0 Å². The number of nitrogens with two attached hydrogens (primary N) is 1. The Balaban J connectivity index is 1.72. The number of hydrogen-bond acceptors (Lipinski definition) is 4. The van der Waals surface area contributed by atoms with Gasteiger partial charge in [-0.1, -0.05) is 0 Å². The van der Waals surface area contributed by atoms with Crippen LogP contribution in [0.1, 0.15) is 32.1 Å². The molecule has 5 heteroatoms. The van der Waals surface area contributed by atoms with Crippen molar-refractivity contribution in [3.8, 4) is 0 Å². The van der Waals surface area contributed by atoms with Gasteiger partial charge in [0.1, 0.15) is 6.10 Å². The van der Waals surface area contributed by atoms with E-state index in [1.165, 1.54) is 0 Å². The second-order valence-electron chi connectivity index (χ2n) is 4.93. The van der Waals surface area contributed by atoms with Crippen molar-refractivity contribution >= 4 is 5.91 Å². The molecule has 1 atom stereocenters. The van der Waals surface area contributed by atoms with Crippen LogP contribution in [-0.4, -0.2) is 43.2 Å². The average Bonchev–Trinajstić information content (AvgIpc) is 2.90. The zero-order valence-corrected chi connectivity index (χ0v) is 10.3. The van der Waals surface area contributed by atoms with Crippen molar-refractivity contribution in [3.63, 3.8) is 0 Å². The van der Waals surface area contributed by atoms with Gasteiger partial charge in [-0.3, -0.25) is 4.79 Å². The van der Waals surface area contributed by atoms with E-state index in [2.05, 4.69) is 4.84 Å². The molecule has 1 unspecified atom stereocenters. The zero-order valence-electron chi connectivity index (χ0n) is 10.3. The summed E-state index contributed by atoms with van der Waals surface area (Å²) in [5, 5.41) is 0. The zero-order chi connectivity index (χ0) is 12.1. The number of likely N-dealkylation sites (tertiary alicyclic amines) is 1. The van der Waals surface area contributed by atoms with E-state index < -0.39 is 0 Å². The number of carbonyl (C=O) groups is 1. The third-order valence-corrected chi connectivity index (χ3v) is 3.78. The minimum atomic E-state index is -0.168. The fraction of sp³-hybridized carbons (Fsp3) is 0.917. The Morgan fingerprint density at radius 2 is 2.12 bits per heavy atom. The number of hydrogen-bond donors (Lipinski definition) is 1. The van der Waals surface area contributed by atoms with Gasteiger partial charge in [0.05, 0.1) is 6.61 Å². The first-order chi connectivity index (χ1) is 8.31. The second-order valence-corrected chi connectivity index (χ2v) is 4.93. The van der Waals surface area contributed by atoms with E-state index in [0.29, 0.717) is 12.5 Å². The van der Waals surface area contributed by atoms with Crippen LogP contribution in [0, 0.1) is 5.92 Å². The van der Waals surface area contributed by atoms with Crippen LogP contribution < -0.4 is 5.90 Å². The van der Waals surface area contributed by atoms with E-state index in [0.717, 1.165) is 51.8 Å². The van der Waals surface area contributed by atoms with E-state index in [9.17, 15) is 4.79 Å². The number of ether oxygens (including phenoxy) is 1. The molecule has 0 saturated carbocycles. The molecule has 0 radical (unpaired) electrons. The summed E-state index contributed by atoms with van der Waals surface area (Å²) in [4.78, 5) is 18.6. The molecule has 2 aliphatic heterocycles. The number of carbonyl (C=O) groups excluding carboxylic acids is 1. The lowest BCUT2D eigenvalue weighted by Gasteiger charge is -2.33. The van der Waals surface area contributed by atoms with Crippen LogP contribution >= 0.6 is 0 Å². The Bertz CT molecular complexity index is 246. The first-order valence-electron chi connectivity index (χ1n) is 6.53. The summed E-state index contributed by atoms with van der Waals surface area (Å²) >= 11 is 0. The van der Waals surface area contributed by atoms with Crippen molar-refractivity contribution in [2.75, 3.05) is 26.3 Å². The highest BCUT2D eigenvalue weighted by Gasteiger charge is 2.30. The van der Waals surface area contributed by atoms with Gasteiger partial charge in [0, 0.05) is 19.7 Å². The molecule has 2 aliphatic rings. The lowest BCUT2D eigenvalue weighted by atomic mass is 9.93. The molecule has 2 saturated heterocycles. The fourth-order valence-electron chi connectivity index (χ4n) is 2.65. The monoisotopic (exact) mass is 242 g/mol. The molecule has 1 amide bonds. The average molecular weight is 242 g/mol. The number of rotatable bonds is 4. The number of piperidine rings is 1. The molecule has 2 heterocycles. The third-order valence-electron chi connectivity index (χ3n) is 3.78. The minimum Gasteiger partial charge on any atom is -0.368 e. The first kappa shape index (κ1) is 12.8. The number of amides is 1. The van der Waals surface area contributed by atoms with E-state index in [1.54, 1.807) is 0 Å². The van der Waals surface area contributed by atoms with Crippen molar-refractivity contribution in [1.82, 2.24) is 4.90 Å². The smallest absolute Gasteiger partial charge is 0.251 e. The molecule has 17 heavy (non-hydrogen) atoms. The van der Waals surface area contributed by atoms with Gasteiger partial charge >= 0.3 is 0 Å². The molecule has 0 bridgehead atoms. The quantitative estimate of drug-likeness (QED) is 0.736. The van der Waals surface area contributed by atoms with Crippen LogP contribution in [0.4, 0.5) is 0 Å². The summed E-state index contributed by atoms with van der Waals surface area (Å²) in [5.74, 6) is 5.86. The third kappa shape index (κ3) is 3.40.